The first-order valence-electron chi connectivity index (χ1n) is 44.3. The zero-order valence-electron chi connectivity index (χ0n) is 69.4. The summed E-state index contributed by atoms with van der Waals surface area (Å²) in [5.74, 6) is 1.12. The van der Waals surface area contributed by atoms with Gasteiger partial charge in [-0.25, -0.2) is 9.13 Å². The lowest BCUT2D eigenvalue weighted by molar-refractivity contribution is -0.161. The maximum atomic E-state index is 13.1. The maximum Gasteiger partial charge on any atom is 0.472 e. The van der Waals surface area contributed by atoms with Crippen molar-refractivity contribution >= 4 is 39.5 Å². The minimum Gasteiger partial charge on any atom is -0.462 e. The Morgan fingerprint density at radius 1 is 0.267 bits per heavy atom. The molecule has 0 bridgehead atoms. The normalized spacial score (nSPS) is 14.7. The average molecular weight is 1540 g/mol. The number of aliphatic hydroxyl groups is 1. The van der Waals surface area contributed by atoms with E-state index in [1.807, 2.05) is 0 Å². The Hall–Kier alpha value is -1.94. The fourth-order valence-corrected chi connectivity index (χ4v) is 14.8. The molecular formula is C86H168O17P2. The number of unbranched alkanes of at least 4 members (excludes halogenated alkanes) is 46. The first-order valence-corrected chi connectivity index (χ1v) is 47.3. The highest BCUT2D eigenvalue weighted by molar-refractivity contribution is 7.47. The summed E-state index contributed by atoms with van der Waals surface area (Å²) in [5, 5.41) is 10.7. The van der Waals surface area contributed by atoms with Gasteiger partial charge >= 0.3 is 39.5 Å². The van der Waals surface area contributed by atoms with E-state index in [9.17, 15) is 43.2 Å². The van der Waals surface area contributed by atoms with Crippen molar-refractivity contribution in [3.63, 3.8) is 0 Å². The summed E-state index contributed by atoms with van der Waals surface area (Å²) in [6.07, 6.45) is 63.8. The van der Waals surface area contributed by atoms with Crippen molar-refractivity contribution < 1.29 is 80.2 Å². The van der Waals surface area contributed by atoms with Crippen molar-refractivity contribution in [3.8, 4) is 0 Å². The molecule has 0 fully saturated rings. The lowest BCUT2D eigenvalue weighted by atomic mass is 9.99. The Morgan fingerprint density at radius 2 is 0.457 bits per heavy atom. The van der Waals surface area contributed by atoms with Gasteiger partial charge in [0.2, 0.25) is 0 Å². The van der Waals surface area contributed by atoms with Crippen LogP contribution >= 0.6 is 15.6 Å². The number of aliphatic hydroxyl groups excluding tert-OH is 1. The van der Waals surface area contributed by atoms with E-state index < -0.39 is 97.5 Å². The van der Waals surface area contributed by atoms with Crippen LogP contribution in [-0.2, 0) is 65.4 Å². The monoisotopic (exact) mass is 1540 g/mol. The number of hydrogen-bond acceptors (Lipinski definition) is 15. The predicted molar refractivity (Wildman–Crippen MR) is 432 cm³/mol. The Labute approximate surface area is 645 Å². The van der Waals surface area contributed by atoms with E-state index in [-0.39, 0.29) is 25.7 Å². The lowest BCUT2D eigenvalue weighted by Crippen LogP contribution is -2.30. The summed E-state index contributed by atoms with van der Waals surface area (Å²) in [4.78, 5) is 73.2. The Balaban J connectivity index is 5.21. The van der Waals surface area contributed by atoms with Gasteiger partial charge in [0, 0.05) is 25.7 Å². The van der Waals surface area contributed by atoms with Crippen LogP contribution in [-0.4, -0.2) is 96.7 Å². The van der Waals surface area contributed by atoms with Gasteiger partial charge in [0.1, 0.15) is 19.3 Å². The first kappa shape index (κ1) is 103. The fraction of sp³-hybridized carbons (Fsp3) is 0.953. The minimum absolute atomic E-state index is 0.107. The van der Waals surface area contributed by atoms with Gasteiger partial charge in [-0.15, -0.1) is 0 Å². The third kappa shape index (κ3) is 75.9. The molecule has 3 N–H and O–H groups in total. The lowest BCUT2D eigenvalue weighted by Gasteiger charge is -2.21. The van der Waals surface area contributed by atoms with E-state index in [1.165, 1.54) is 244 Å². The van der Waals surface area contributed by atoms with Crippen LogP contribution in [0.4, 0.5) is 0 Å². The third-order valence-electron chi connectivity index (χ3n) is 21.2. The van der Waals surface area contributed by atoms with Crippen LogP contribution in [0.3, 0.4) is 0 Å². The van der Waals surface area contributed by atoms with Crippen molar-refractivity contribution in [1.82, 2.24) is 0 Å². The zero-order valence-corrected chi connectivity index (χ0v) is 71.2. The summed E-state index contributed by atoms with van der Waals surface area (Å²) in [5.41, 5.74) is 0. The van der Waals surface area contributed by atoms with Crippen LogP contribution in [0.15, 0.2) is 0 Å². The molecule has 624 valence electrons. The van der Waals surface area contributed by atoms with Gasteiger partial charge in [-0.3, -0.25) is 37.3 Å². The molecule has 0 heterocycles. The first-order chi connectivity index (χ1) is 50.7. The second-order valence-electron chi connectivity index (χ2n) is 32.1. The van der Waals surface area contributed by atoms with E-state index in [2.05, 4.69) is 55.4 Å². The standard InChI is InChI=1S/C86H168O17P2/c1-9-77(6)63-55-47-39-33-27-20-16-14-12-13-15-17-22-29-35-41-50-58-66-83(88)96-72-81(102-85(90)69-61-53-43-37-31-25-24-26-32-38-46-54-62-76(4)5)74-100-104(92,93)98-70-80(87)71-99-105(94,95)101-75-82(73-97-84(89)67-59-51-45-44-49-57-65-79(8)11-3)103-86(91)68-60-52-42-36-30-23-19-18-21-28-34-40-48-56-64-78(7)10-2/h76-82,87H,9-75H2,1-8H3,(H,92,93)(H,94,95)/t77?,78?,79?,80-,81-,82-/m1/s1. The van der Waals surface area contributed by atoms with Crippen molar-refractivity contribution in [3.05, 3.63) is 0 Å². The molecule has 0 saturated heterocycles. The molecule has 8 atom stereocenters. The van der Waals surface area contributed by atoms with E-state index in [0.29, 0.717) is 25.7 Å². The zero-order chi connectivity index (χ0) is 77.4. The molecule has 0 radical (unpaired) electrons. The average Bonchev–Trinajstić information content (AvgIpc) is 0.962. The second kappa shape index (κ2) is 74.8. The molecule has 0 rings (SSSR count). The minimum atomic E-state index is -4.97. The molecule has 17 nitrogen and oxygen atoms in total. The van der Waals surface area contributed by atoms with Gasteiger partial charge in [0.15, 0.2) is 12.2 Å². The smallest absolute Gasteiger partial charge is 0.462 e. The van der Waals surface area contributed by atoms with Crippen LogP contribution in [0.2, 0.25) is 0 Å². The summed E-state index contributed by atoms with van der Waals surface area (Å²) in [7, 11) is -9.93. The number of hydrogen-bond donors (Lipinski definition) is 3. The SMILES string of the molecule is CCC(C)CCCCCCCCCCCCCCCCCCCCC(=O)OC[C@H](COP(=O)(O)OC[C@@H](O)COP(=O)(O)OC[C@@H](COC(=O)CCCCCCCCC(C)CC)OC(=O)CCCCCCCCCCCCCCCCC(C)CC)OC(=O)CCCCCCCCCCCCCCC(C)C. The van der Waals surface area contributed by atoms with Gasteiger partial charge in [-0.05, 0) is 49.4 Å². The topological polar surface area (TPSA) is 237 Å². The van der Waals surface area contributed by atoms with Crippen LogP contribution in [0.25, 0.3) is 0 Å². The molecule has 0 amide bonds. The van der Waals surface area contributed by atoms with E-state index >= 15 is 0 Å². The molecule has 0 aliphatic rings. The van der Waals surface area contributed by atoms with Crippen LogP contribution < -0.4 is 0 Å². The molecule has 19 heteroatoms. The molecular weight excluding hydrogens is 1370 g/mol. The molecule has 5 unspecified atom stereocenters. The van der Waals surface area contributed by atoms with Crippen molar-refractivity contribution in [1.29, 1.82) is 0 Å². The summed E-state index contributed by atoms with van der Waals surface area (Å²) < 4.78 is 68.9. The molecule has 0 aromatic rings. The summed E-state index contributed by atoms with van der Waals surface area (Å²) in [6, 6.07) is 0. The Kier molecular flexibility index (Phi) is 73.4. The molecule has 0 aliphatic carbocycles. The third-order valence-corrected chi connectivity index (χ3v) is 23.1. The van der Waals surface area contributed by atoms with Gasteiger partial charge in [0.05, 0.1) is 26.4 Å². The van der Waals surface area contributed by atoms with Crippen LogP contribution in [0, 0.1) is 23.7 Å². The largest absolute Gasteiger partial charge is 0.472 e. The quantitative estimate of drug-likeness (QED) is 0.0222. The van der Waals surface area contributed by atoms with E-state index in [0.717, 1.165) is 120 Å². The van der Waals surface area contributed by atoms with Crippen LogP contribution in [0.5, 0.6) is 0 Å². The number of phosphoric acid groups is 2. The van der Waals surface area contributed by atoms with Crippen molar-refractivity contribution in [2.75, 3.05) is 39.6 Å². The number of carbonyl (C=O) groups excluding carboxylic acids is 4. The Morgan fingerprint density at radius 3 is 0.676 bits per heavy atom. The van der Waals surface area contributed by atoms with Crippen molar-refractivity contribution in [2.24, 2.45) is 23.7 Å². The van der Waals surface area contributed by atoms with E-state index in [1.54, 1.807) is 0 Å². The highest BCUT2D eigenvalue weighted by Gasteiger charge is 2.31. The number of phosphoric ester groups is 2. The van der Waals surface area contributed by atoms with Gasteiger partial charge in [-0.1, -0.05) is 396 Å². The molecule has 0 aromatic heterocycles. The number of ether oxygens (including phenoxy) is 4. The summed E-state index contributed by atoms with van der Waals surface area (Å²) in [6.45, 7) is 14.4. The Bertz CT molecular complexity index is 2050. The molecule has 0 saturated carbocycles. The van der Waals surface area contributed by atoms with Crippen LogP contribution in [0.1, 0.15) is 447 Å². The maximum absolute atomic E-state index is 13.1. The molecule has 0 aliphatic heterocycles. The van der Waals surface area contributed by atoms with E-state index in [4.69, 9.17) is 37.0 Å². The van der Waals surface area contributed by atoms with Gasteiger partial charge < -0.3 is 33.8 Å². The second-order valence-corrected chi connectivity index (χ2v) is 35.0. The number of carbonyl (C=O) groups is 4. The van der Waals surface area contributed by atoms with Crippen molar-refractivity contribution in [2.45, 2.75) is 465 Å². The highest BCUT2D eigenvalue weighted by atomic mass is 31.2. The van der Waals surface area contributed by atoms with Gasteiger partial charge in [0.25, 0.3) is 0 Å². The number of esters is 4. The predicted octanol–water partition coefficient (Wildman–Crippen LogP) is 25.9. The molecule has 105 heavy (non-hydrogen) atoms. The molecule has 0 spiro atoms. The number of rotatable bonds is 83. The van der Waals surface area contributed by atoms with Gasteiger partial charge in [-0.2, -0.15) is 0 Å². The fourth-order valence-electron chi connectivity index (χ4n) is 13.2. The molecule has 0 aromatic carbocycles. The summed E-state index contributed by atoms with van der Waals surface area (Å²) >= 11 is 0. The highest BCUT2D eigenvalue weighted by Crippen LogP contribution is 2.45.